The first-order valence-corrected chi connectivity index (χ1v) is 6.54. The molecular formula is C14H20N2O3. The zero-order chi connectivity index (χ0) is 13.5. The van der Waals surface area contributed by atoms with E-state index in [9.17, 15) is 4.79 Å². The summed E-state index contributed by atoms with van der Waals surface area (Å²) in [5.74, 6) is 0.0333. The van der Waals surface area contributed by atoms with Crippen molar-refractivity contribution in [3.63, 3.8) is 0 Å². The Morgan fingerprint density at radius 2 is 2.11 bits per heavy atom. The standard InChI is InChI=1S/C14H20N2O3/c15-12-4-1-11(2-5-12)3-6-14(17)16-9-13-10-18-7-8-19-13/h1-2,4-5,13H,3,6-10,15H2,(H,16,17). The molecule has 0 radical (unpaired) electrons. The summed E-state index contributed by atoms with van der Waals surface area (Å²) in [6.45, 7) is 2.31. The number of nitrogens with one attached hydrogen (secondary N) is 1. The molecule has 0 saturated carbocycles. The molecule has 3 N–H and O–H groups in total. The minimum atomic E-state index is -0.0192. The molecule has 1 saturated heterocycles. The van der Waals surface area contributed by atoms with Crippen LogP contribution in [-0.4, -0.2) is 38.4 Å². The van der Waals surface area contributed by atoms with E-state index < -0.39 is 0 Å². The average molecular weight is 264 g/mol. The maximum Gasteiger partial charge on any atom is 0.220 e. The highest BCUT2D eigenvalue weighted by molar-refractivity contribution is 5.76. The number of carbonyl (C=O) groups is 1. The SMILES string of the molecule is Nc1ccc(CCC(=O)NCC2COCCO2)cc1. The topological polar surface area (TPSA) is 73.6 Å². The second kappa shape index (κ2) is 7.11. The van der Waals surface area contributed by atoms with Gasteiger partial charge in [0, 0.05) is 18.7 Å². The van der Waals surface area contributed by atoms with Crippen molar-refractivity contribution in [1.29, 1.82) is 0 Å². The Balaban J connectivity index is 1.65. The van der Waals surface area contributed by atoms with Gasteiger partial charge in [-0.25, -0.2) is 0 Å². The predicted octanol–water partition coefficient (Wildman–Crippen LogP) is 0.733. The van der Waals surface area contributed by atoms with Gasteiger partial charge in [0.1, 0.15) is 0 Å². The molecule has 0 spiro atoms. The van der Waals surface area contributed by atoms with E-state index in [1.165, 1.54) is 0 Å². The molecule has 1 amide bonds. The lowest BCUT2D eigenvalue weighted by atomic mass is 10.1. The van der Waals surface area contributed by atoms with Crippen molar-refractivity contribution in [3.8, 4) is 0 Å². The third-order valence-electron chi connectivity index (χ3n) is 3.03. The van der Waals surface area contributed by atoms with Crippen molar-refractivity contribution < 1.29 is 14.3 Å². The molecule has 1 aliphatic heterocycles. The second-order valence-corrected chi connectivity index (χ2v) is 4.61. The quantitative estimate of drug-likeness (QED) is 0.769. The molecular weight excluding hydrogens is 244 g/mol. The molecule has 1 unspecified atom stereocenters. The Labute approximate surface area is 113 Å². The zero-order valence-corrected chi connectivity index (χ0v) is 10.9. The highest BCUT2D eigenvalue weighted by atomic mass is 16.6. The molecule has 1 aliphatic rings. The number of ether oxygens (including phenoxy) is 2. The van der Waals surface area contributed by atoms with Crippen molar-refractivity contribution in [2.24, 2.45) is 0 Å². The molecule has 0 aliphatic carbocycles. The smallest absolute Gasteiger partial charge is 0.220 e. The number of carbonyl (C=O) groups excluding carboxylic acids is 1. The molecule has 1 aromatic carbocycles. The van der Waals surface area contributed by atoms with Crippen LogP contribution in [0.2, 0.25) is 0 Å². The van der Waals surface area contributed by atoms with Crippen molar-refractivity contribution in [2.75, 3.05) is 32.1 Å². The van der Waals surface area contributed by atoms with Gasteiger partial charge in [-0.1, -0.05) is 12.1 Å². The number of anilines is 1. The van der Waals surface area contributed by atoms with E-state index in [-0.39, 0.29) is 12.0 Å². The summed E-state index contributed by atoms with van der Waals surface area (Å²) in [6.07, 6.45) is 1.17. The lowest BCUT2D eigenvalue weighted by Gasteiger charge is -2.23. The number of hydrogen-bond donors (Lipinski definition) is 2. The third-order valence-corrected chi connectivity index (χ3v) is 3.03. The molecule has 1 fully saturated rings. The summed E-state index contributed by atoms with van der Waals surface area (Å²) < 4.78 is 10.7. The lowest BCUT2D eigenvalue weighted by molar-refractivity contribution is -0.123. The summed E-state index contributed by atoms with van der Waals surface area (Å²) in [5, 5.41) is 2.87. The zero-order valence-electron chi connectivity index (χ0n) is 10.9. The van der Waals surface area contributed by atoms with Gasteiger partial charge < -0.3 is 20.5 Å². The number of rotatable bonds is 5. The Morgan fingerprint density at radius 1 is 1.32 bits per heavy atom. The monoisotopic (exact) mass is 264 g/mol. The van der Waals surface area contributed by atoms with Gasteiger partial charge in [-0.15, -0.1) is 0 Å². The molecule has 2 rings (SSSR count). The Bertz CT molecular complexity index is 400. The van der Waals surface area contributed by atoms with Crippen molar-refractivity contribution >= 4 is 11.6 Å². The molecule has 5 nitrogen and oxygen atoms in total. The number of aryl methyl sites for hydroxylation is 1. The van der Waals surface area contributed by atoms with E-state index >= 15 is 0 Å². The van der Waals surface area contributed by atoms with E-state index in [4.69, 9.17) is 15.2 Å². The number of nitrogen functional groups attached to an aromatic ring is 1. The normalized spacial score (nSPS) is 19.1. The van der Waals surface area contributed by atoms with Gasteiger partial charge >= 0.3 is 0 Å². The van der Waals surface area contributed by atoms with Crippen LogP contribution in [0.15, 0.2) is 24.3 Å². The summed E-state index contributed by atoms with van der Waals surface area (Å²) >= 11 is 0. The van der Waals surface area contributed by atoms with Crippen LogP contribution < -0.4 is 11.1 Å². The van der Waals surface area contributed by atoms with Crippen LogP contribution in [0, 0.1) is 0 Å². The number of benzene rings is 1. The summed E-state index contributed by atoms with van der Waals surface area (Å²) in [4.78, 5) is 11.7. The molecule has 0 bridgehead atoms. The molecule has 1 heterocycles. The minimum Gasteiger partial charge on any atom is -0.399 e. The average Bonchev–Trinajstić information content (AvgIpc) is 2.45. The third kappa shape index (κ3) is 4.89. The highest BCUT2D eigenvalue weighted by Gasteiger charge is 2.14. The molecule has 5 heteroatoms. The van der Waals surface area contributed by atoms with Crippen LogP contribution >= 0.6 is 0 Å². The highest BCUT2D eigenvalue weighted by Crippen LogP contribution is 2.07. The van der Waals surface area contributed by atoms with Gasteiger partial charge in [0.2, 0.25) is 5.91 Å². The summed E-state index contributed by atoms with van der Waals surface area (Å²) in [7, 11) is 0. The lowest BCUT2D eigenvalue weighted by Crippen LogP contribution is -2.39. The number of nitrogens with two attached hydrogens (primary N) is 1. The molecule has 1 aromatic rings. The second-order valence-electron chi connectivity index (χ2n) is 4.61. The largest absolute Gasteiger partial charge is 0.399 e. The van der Waals surface area contributed by atoms with Gasteiger partial charge in [0.05, 0.1) is 25.9 Å². The molecule has 0 aromatic heterocycles. The first-order chi connectivity index (χ1) is 9.24. The fourth-order valence-corrected chi connectivity index (χ4v) is 1.91. The van der Waals surface area contributed by atoms with Crippen LogP contribution in [0.5, 0.6) is 0 Å². The first kappa shape index (κ1) is 13.8. The van der Waals surface area contributed by atoms with Crippen molar-refractivity contribution in [3.05, 3.63) is 29.8 Å². The van der Waals surface area contributed by atoms with E-state index in [0.29, 0.717) is 39.2 Å². The predicted molar refractivity (Wildman–Crippen MR) is 72.7 cm³/mol. The van der Waals surface area contributed by atoms with Crippen LogP contribution in [0.1, 0.15) is 12.0 Å². The molecule has 19 heavy (non-hydrogen) atoms. The van der Waals surface area contributed by atoms with E-state index in [1.807, 2.05) is 24.3 Å². The van der Waals surface area contributed by atoms with Crippen LogP contribution in [-0.2, 0) is 20.7 Å². The minimum absolute atomic E-state index is 0.0192. The Kier molecular flexibility index (Phi) is 5.18. The van der Waals surface area contributed by atoms with Crippen LogP contribution in [0.4, 0.5) is 5.69 Å². The van der Waals surface area contributed by atoms with Gasteiger partial charge in [0.25, 0.3) is 0 Å². The molecule has 1 atom stereocenters. The van der Waals surface area contributed by atoms with Crippen molar-refractivity contribution in [2.45, 2.75) is 18.9 Å². The Morgan fingerprint density at radius 3 is 2.79 bits per heavy atom. The van der Waals surface area contributed by atoms with E-state index in [0.717, 1.165) is 11.3 Å². The first-order valence-electron chi connectivity index (χ1n) is 6.54. The molecule has 104 valence electrons. The maximum absolute atomic E-state index is 11.7. The van der Waals surface area contributed by atoms with Gasteiger partial charge in [0.15, 0.2) is 0 Å². The summed E-state index contributed by atoms with van der Waals surface area (Å²) in [6, 6.07) is 7.59. The van der Waals surface area contributed by atoms with Crippen LogP contribution in [0.25, 0.3) is 0 Å². The van der Waals surface area contributed by atoms with Crippen molar-refractivity contribution in [1.82, 2.24) is 5.32 Å². The van der Waals surface area contributed by atoms with Gasteiger partial charge in [-0.3, -0.25) is 4.79 Å². The fourth-order valence-electron chi connectivity index (χ4n) is 1.91. The Hall–Kier alpha value is -1.59. The fraction of sp³-hybridized carbons (Fsp3) is 0.500. The maximum atomic E-state index is 11.7. The van der Waals surface area contributed by atoms with Gasteiger partial charge in [-0.2, -0.15) is 0 Å². The van der Waals surface area contributed by atoms with Gasteiger partial charge in [-0.05, 0) is 24.1 Å². The van der Waals surface area contributed by atoms with E-state index in [2.05, 4.69) is 5.32 Å². The number of amides is 1. The summed E-state index contributed by atoms with van der Waals surface area (Å²) in [5.41, 5.74) is 7.46. The van der Waals surface area contributed by atoms with E-state index in [1.54, 1.807) is 0 Å². The van der Waals surface area contributed by atoms with Crippen LogP contribution in [0.3, 0.4) is 0 Å². The number of hydrogen-bond acceptors (Lipinski definition) is 4.